The number of hydrogen-bond acceptors (Lipinski definition) is 2. The minimum absolute atomic E-state index is 0.0218. The summed E-state index contributed by atoms with van der Waals surface area (Å²) in [5.41, 5.74) is 1.86. The number of carbonyl (C=O) groups is 1. The molecule has 0 spiro atoms. The average Bonchev–Trinajstić information content (AvgIpc) is 3.06. The van der Waals surface area contributed by atoms with E-state index in [-0.39, 0.29) is 5.91 Å². The van der Waals surface area contributed by atoms with Gasteiger partial charge in [-0.05, 0) is 47.3 Å². The third-order valence-electron chi connectivity index (χ3n) is 3.38. The van der Waals surface area contributed by atoms with Gasteiger partial charge in [-0.25, -0.2) is 0 Å². The van der Waals surface area contributed by atoms with Crippen LogP contribution in [-0.4, -0.2) is 26.8 Å². The fourth-order valence-electron chi connectivity index (χ4n) is 2.25. The van der Waals surface area contributed by atoms with Gasteiger partial charge < -0.3 is 9.88 Å². The molecule has 20 heavy (non-hydrogen) atoms. The number of halogens is 1. The van der Waals surface area contributed by atoms with Crippen molar-refractivity contribution in [3.8, 4) is 0 Å². The summed E-state index contributed by atoms with van der Waals surface area (Å²) in [6.45, 7) is 3.26. The van der Waals surface area contributed by atoms with E-state index in [0.29, 0.717) is 19.1 Å². The van der Waals surface area contributed by atoms with Crippen LogP contribution in [0.1, 0.15) is 34.9 Å². The second kappa shape index (κ2) is 5.44. The molecule has 1 fully saturated rings. The Labute approximate surface area is 126 Å². The molecule has 106 valence electrons. The van der Waals surface area contributed by atoms with Crippen LogP contribution in [0.15, 0.2) is 29.1 Å². The standard InChI is InChI=1S/C14H17BrN4O/c1-10-7-17-18(8-10)5-4-16-14(20)13-6-11(15)9-19(13)12-2-3-12/h6-9,12H,2-5H2,1H3,(H,16,20). The molecule has 0 saturated heterocycles. The van der Waals surface area contributed by atoms with E-state index in [1.165, 1.54) is 0 Å². The van der Waals surface area contributed by atoms with Crippen molar-refractivity contribution in [2.75, 3.05) is 6.54 Å². The summed E-state index contributed by atoms with van der Waals surface area (Å²) in [5, 5.41) is 7.15. The van der Waals surface area contributed by atoms with E-state index in [1.54, 1.807) is 0 Å². The predicted octanol–water partition coefficient (Wildman–Crippen LogP) is 2.52. The molecule has 0 unspecified atom stereocenters. The number of nitrogens with one attached hydrogen (secondary N) is 1. The first-order chi connectivity index (χ1) is 9.63. The lowest BCUT2D eigenvalue weighted by molar-refractivity contribution is 0.0942. The second-order valence-corrected chi connectivity index (χ2v) is 6.13. The van der Waals surface area contributed by atoms with Gasteiger partial charge in [0.1, 0.15) is 5.69 Å². The van der Waals surface area contributed by atoms with Gasteiger partial charge in [0.15, 0.2) is 0 Å². The molecule has 1 aliphatic carbocycles. The van der Waals surface area contributed by atoms with Crippen molar-refractivity contribution in [1.29, 1.82) is 0 Å². The van der Waals surface area contributed by atoms with Crippen LogP contribution in [-0.2, 0) is 6.54 Å². The molecular formula is C14H17BrN4O. The Morgan fingerprint density at radius 1 is 1.50 bits per heavy atom. The van der Waals surface area contributed by atoms with E-state index in [1.807, 2.05) is 36.3 Å². The summed E-state index contributed by atoms with van der Waals surface area (Å²) in [6, 6.07) is 2.38. The Balaban J connectivity index is 1.59. The minimum atomic E-state index is -0.0218. The normalized spacial score (nSPS) is 14.5. The third-order valence-corrected chi connectivity index (χ3v) is 3.81. The highest BCUT2D eigenvalue weighted by Gasteiger charge is 2.27. The van der Waals surface area contributed by atoms with Crippen LogP contribution in [0.4, 0.5) is 0 Å². The summed E-state index contributed by atoms with van der Waals surface area (Å²) >= 11 is 3.44. The molecule has 5 nitrogen and oxygen atoms in total. The summed E-state index contributed by atoms with van der Waals surface area (Å²) in [5.74, 6) is -0.0218. The van der Waals surface area contributed by atoms with E-state index in [0.717, 1.165) is 28.6 Å². The summed E-state index contributed by atoms with van der Waals surface area (Å²) in [4.78, 5) is 12.2. The summed E-state index contributed by atoms with van der Waals surface area (Å²) < 4.78 is 4.86. The Bertz CT molecular complexity index is 627. The van der Waals surface area contributed by atoms with E-state index < -0.39 is 0 Å². The van der Waals surface area contributed by atoms with Gasteiger partial charge in [-0.15, -0.1) is 0 Å². The van der Waals surface area contributed by atoms with Gasteiger partial charge >= 0.3 is 0 Å². The molecule has 1 saturated carbocycles. The van der Waals surface area contributed by atoms with Crippen LogP contribution in [0.3, 0.4) is 0 Å². The zero-order chi connectivity index (χ0) is 14.1. The maximum atomic E-state index is 12.2. The van der Waals surface area contributed by atoms with E-state index in [9.17, 15) is 4.79 Å². The first-order valence-electron chi connectivity index (χ1n) is 6.78. The van der Waals surface area contributed by atoms with Crippen molar-refractivity contribution in [2.45, 2.75) is 32.4 Å². The minimum Gasteiger partial charge on any atom is -0.349 e. The molecule has 0 aliphatic heterocycles. The third kappa shape index (κ3) is 2.95. The molecule has 3 rings (SSSR count). The van der Waals surface area contributed by atoms with Crippen LogP contribution < -0.4 is 5.32 Å². The zero-order valence-corrected chi connectivity index (χ0v) is 12.9. The zero-order valence-electron chi connectivity index (χ0n) is 11.3. The number of rotatable bonds is 5. The molecule has 6 heteroatoms. The average molecular weight is 337 g/mol. The number of nitrogens with zero attached hydrogens (tertiary/aromatic N) is 3. The summed E-state index contributed by atoms with van der Waals surface area (Å²) in [6.07, 6.45) is 8.10. The molecular weight excluding hydrogens is 320 g/mol. The topological polar surface area (TPSA) is 51.9 Å². The highest BCUT2D eigenvalue weighted by molar-refractivity contribution is 9.10. The smallest absolute Gasteiger partial charge is 0.268 e. The van der Waals surface area contributed by atoms with Crippen LogP contribution in [0.5, 0.6) is 0 Å². The lowest BCUT2D eigenvalue weighted by atomic mass is 10.4. The van der Waals surface area contributed by atoms with Crippen molar-refractivity contribution >= 4 is 21.8 Å². The van der Waals surface area contributed by atoms with Crippen molar-refractivity contribution < 1.29 is 4.79 Å². The molecule has 1 aliphatic rings. The molecule has 0 atom stereocenters. The molecule has 0 radical (unpaired) electrons. The molecule has 1 N–H and O–H groups in total. The lowest BCUT2D eigenvalue weighted by Gasteiger charge is -2.08. The van der Waals surface area contributed by atoms with Gasteiger partial charge in [-0.1, -0.05) is 0 Å². The van der Waals surface area contributed by atoms with Crippen LogP contribution in [0.2, 0.25) is 0 Å². The van der Waals surface area contributed by atoms with Crippen LogP contribution >= 0.6 is 15.9 Å². The van der Waals surface area contributed by atoms with Crippen LogP contribution in [0.25, 0.3) is 0 Å². The Kier molecular flexibility index (Phi) is 3.65. The van der Waals surface area contributed by atoms with Gasteiger partial charge in [-0.3, -0.25) is 9.48 Å². The fourth-order valence-corrected chi connectivity index (χ4v) is 2.68. The largest absolute Gasteiger partial charge is 0.349 e. The van der Waals surface area contributed by atoms with Gasteiger partial charge in [0.2, 0.25) is 0 Å². The van der Waals surface area contributed by atoms with E-state index in [2.05, 4.69) is 30.9 Å². The quantitative estimate of drug-likeness (QED) is 0.912. The SMILES string of the molecule is Cc1cnn(CCNC(=O)c2cc(Br)cn2C2CC2)c1. The van der Waals surface area contributed by atoms with Gasteiger partial charge in [-0.2, -0.15) is 5.10 Å². The highest BCUT2D eigenvalue weighted by atomic mass is 79.9. The number of amides is 1. The fraction of sp³-hybridized carbons (Fsp3) is 0.429. The first kappa shape index (κ1) is 13.4. The number of carbonyl (C=O) groups excluding carboxylic acids is 1. The van der Waals surface area contributed by atoms with Gasteiger partial charge in [0.25, 0.3) is 5.91 Å². The maximum Gasteiger partial charge on any atom is 0.268 e. The Morgan fingerprint density at radius 3 is 2.95 bits per heavy atom. The van der Waals surface area contributed by atoms with Crippen molar-refractivity contribution in [3.63, 3.8) is 0 Å². The Morgan fingerprint density at radius 2 is 2.30 bits per heavy atom. The molecule has 0 bridgehead atoms. The molecule has 1 amide bonds. The van der Waals surface area contributed by atoms with Crippen LogP contribution in [0, 0.1) is 6.92 Å². The van der Waals surface area contributed by atoms with Crippen molar-refractivity contribution in [1.82, 2.24) is 19.7 Å². The van der Waals surface area contributed by atoms with Crippen molar-refractivity contribution in [3.05, 3.63) is 40.4 Å². The van der Waals surface area contributed by atoms with Gasteiger partial charge in [0, 0.05) is 29.5 Å². The monoisotopic (exact) mass is 336 g/mol. The second-order valence-electron chi connectivity index (χ2n) is 5.22. The molecule has 2 aromatic rings. The molecule has 2 aromatic heterocycles. The number of aryl methyl sites for hydroxylation is 1. The van der Waals surface area contributed by atoms with Gasteiger partial charge in [0.05, 0.1) is 12.7 Å². The maximum absolute atomic E-state index is 12.2. The molecule has 2 heterocycles. The van der Waals surface area contributed by atoms with E-state index >= 15 is 0 Å². The first-order valence-corrected chi connectivity index (χ1v) is 7.57. The lowest BCUT2D eigenvalue weighted by Crippen LogP contribution is -2.29. The molecule has 0 aromatic carbocycles. The Hall–Kier alpha value is -1.56. The van der Waals surface area contributed by atoms with Crippen molar-refractivity contribution in [2.24, 2.45) is 0 Å². The predicted molar refractivity (Wildman–Crippen MR) is 79.7 cm³/mol. The number of aromatic nitrogens is 3. The number of hydrogen-bond donors (Lipinski definition) is 1. The highest BCUT2D eigenvalue weighted by Crippen LogP contribution is 2.37. The summed E-state index contributed by atoms with van der Waals surface area (Å²) in [7, 11) is 0. The van der Waals surface area contributed by atoms with E-state index in [4.69, 9.17) is 0 Å².